The average Bonchev–Trinajstić information content (AvgIpc) is 2.79. The fourth-order valence-corrected chi connectivity index (χ4v) is 3.22. The molecule has 0 aliphatic heterocycles. The molecule has 3 rings (SSSR count). The molecule has 0 amide bonds. The third kappa shape index (κ3) is 5.71. The fourth-order valence-electron chi connectivity index (χ4n) is 3.22. The number of nitrogens with zero attached hydrogens (tertiary/aromatic N) is 3. The lowest BCUT2D eigenvalue weighted by Crippen LogP contribution is -2.32. The zero-order valence-corrected chi connectivity index (χ0v) is 20.2. The van der Waals surface area contributed by atoms with Gasteiger partial charge < -0.3 is 18.9 Å². The first-order valence-electron chi connectivity index (χ1n) is 10.8. The lowest BCUT2D eigenvalue weighted by Gasteiger charge is -2.21. The summed E-state index contributed by atoms with van der Waals surface area (Å²) in [5.74, 6) is -0.725. The Balaban J connectivity index is 2.12. The molecule has 1 unspecified atom stereocenters. The van der Waals surface area contributed by atoms with E-state index >= 15 is 0 Å². The van der Waals surface area contributed by atoms with Crippen molar-refractivity contribution in [1.29, 1.82) is 0 Å². The van der Waals surface area contributed by atoms with Crippen LogP contribution in [0, 0.1) is 0 Å². The van der Waals surface area contributed by atoms with Crippen LogP contribution >= 0.6 is 0 Å². The zero-order chi connectivity index (χ0) is 25.0. The molecule has 2 aromatic carbocycles. The Kier molecular flexibility index (Phi) is 7.53. The molecule has 34 heavy (non-hydrogen) atoms. The molecule has 0 bridgehead atoms. The van der Waals surface area contributed by atoms with Crippen LogP contribution in [0.5, 0.6) is 5.75 Å². The van der Waals surface area contributed by atoms with E-state index in [1.165, 1.54) is 19.2 Å². The lowest BCUT2D eigenvalue weighted by molar-refractivity contribution is -0.131. The van der Waals surface area contributed by atoms with E-state index in [0.29, 0.717) is 17.1 Å². The van der Waals surface area contributed by atoms with E-state index in [1.54, 1.807) is 54.8 Å². The van der Waals surface area contributed by atoms with E-state index in [4.69, 9.17) is 9.47 Å². The summed E-state index contributed by atoms with van der Waals surface area (Å²) < 4.78 is 12.3. The number of rotatable bonds is 7. The minimum atomic E-state index is -0.703. The Bertz CT molecular complexity index is 1230. The van der Waals surface area contributed by atoms with Crippen LogP contribution in [0.3, 0.4) is 0 Å². The van der Waals surface area contributed by atoms with Gasteiger partial charge >= 0.3 is 11.9 Å². The van der Waals surface area contributed by atoms with Gasteiger partial charge in [-0.15, -0.1) is 0 Å². The maximum atomic E-state index is 12.9. The summed E-state index contributed by atoms with van der Waals surface area (Å²) in [6.45, 7) is 3.06. The highest BCUT2D eigenvalue weighted by Crippen LogP contribution is 2.26. The van der Waals surface area contributed by atoms with Crippen molar-refractivity contribution in [3.63, 3.8) is 0 Å². The smallest absolute Gasteiger partial charge is 0.345 e. The lowest BCUT2D eigenvalue weighted by atomic mass is 10.1. The number of esters is 2. The number of ether oxygens (including phenoxy) is 2. The number of carbonyl (C=O) groups is 2. The number of hydrogen-bond acceptors (Lipinski definition) is 7. The molecular formula is C26H29N3O5. The van der Waals surface area contributed by atoms with Crippen LogP contribution in [0.4, 0.5) is 5.69 Å². The normalized spacial score (nSPS) is 11.7. The second-order valence-corrected chi connectivity index (χ2v) is 8.30. The molecule has 1 aromatic heterocycles. The molecule has 0 saturated carbocycles. The van der Waals surface area contributed by atoms with Gasteiger partial charge in [-0.05, 0) is 63.0 Å². The first kappa shape index (κ1) is 24.7. The Hall–Kier alpha value is -3.91. The molecule has 0 fully saturated rings. The molecule has 0 N–H and O–H groups in total. The molecule has 8 heteroatoms. The predicted molar refractivity (Wildman–Crippen MR) is 132 cm³/mol. The van der Waals surface area contributed by atoms with Gasteiger partial charge in [0.25, 0.3) is 0 Å². The molecule has 1 atom stereocenters. The van der Waals surface area contributed by atoms with Crippen LogP contribution in [0.15, 0.2) is 65.6 Å². The van der Waals surface area contributed by atoms with Crippen LogP contribution in [0.1, 0.15) is 24.2 Å². The van der Waals surface area contributed by atoms with Gasteiger partial charge in [-0.3, -0.25) is 14.5 Å². The maximum Gasteiger partial charge on any atom is 0.345 e. The summed E-state index contributed by atoms with van der Waals surface area (Å²) in [4.78, 5) is 40.7. The fraction of sp³-hybridized carbons (Fsp3) is 0.269. The summed E-state index contributed by atoms with van der Waals surface area (Å²) >= 11 is 0. The molecule has 0 spiro atoms. The predicted octanol–water partition coefficient (Wildman–Crippen LogP) is 3.56. The van der Waals surface area contributed by atoms with Crippen LogP contribution in [0.2, 0.25) is 0 Å². The van der Waals surface area contributed by atoms with Gasteiger partial charge in [-0.25, -0.2) is 4.79 Å². The third-order valence-electron chi connectivity index (χ3n) is 5.33. The van der Waals surface area contributed by atoms with E-state index in [9.17, 15) is 14.4 Å². The first-order chi connectivity index (χ1) is 16.1. The van der Waals surface area contributed by atoms with Crippen LogP contribution in [-0.2, 0) is 9.53 Å². The van der Waals surface area contributed by atoms with Crippen molar-refractivity contribution < 1.29 is 19.1 Å². The summed E-state index contributed by atoms with van der Waals surface area (Å²) in [5, 5.41) is 0. The number of carbonyl (C=O) groups excluding carboxylic acids is 2. The summed E-state index contributed by atoms with van der Waals surface area (Å²) in [7, 11) is 7.46. The van der Waals surface area contributed by atoms with Crippen molar-refractivity contribution in [1.82, 2.24) is 9.47 Å². The van der Waals surface area contributed by atoms with Gasteiger partial charge in [0.05, 0.1) is 5.69 Å². The van der Waals surface area contributed by atoms with Crippen molar-refractivity contribution in [2.75, 3.05) is 33.1 Å². The van der Waals surface area contributed by atoms with E-state index < -0.39 is 23.6 Å². The quantitative estimate of drug-likeness (QED) is 0.301. The average molecular weight is 464 g/mol. The third-order valence-corrected chi connectivity index (χ3v) is 5.33. The van der Waals surface area contributed by atoms with Gasteiger partial charge in [-0.1, -0.05) is 12.1 Å². The van der Waals surface area contributed by atoms with Crippen LogP contribution < -0.4 is 15.1 Å². The number of anilines is 1. The Morgan fingerprint density at radius 2 is 1.56 bits per heavy atom. The number of aromatic nitrogens is 1. The van der Waals surface area contributed by atoms with E-state index in [0.717, 1.165) is 11.3 Å². The largest absolute Gasteiger partial charge is 0.443 e. The molecule has 3 aromatic rings. The molecule has 0 saturated heterocycles. The minimum absolute atomic E-state index is 0.0774. The van der Waals surface area contributed by atoms with E-state index in [1.807, 2.05) is 43.3 Å². The first-order valence-corrected chi connectivity index (χ1v) is 10.8. The molecule has 0 aliphatic carbocycles. The number of hydrogen-bond donors (Lipinski definition) is 0. The second kappa shape index (κ2) is 10.4. The number of benzene rings is 2. The molecular weight excluding hydrogens is 434 g/mol. The van der Waals surface area contributed by atoms with Crippen molar-refractivity contribution in [2.24, 2.45) is 0 Å². The van der Waals surface area contributed by atoms with Gasteiger partial charge in [0.2, 0.25) is 0 Å². The Labute approximate surface area is 198 Å². The van der Waals surface area contributed by atoms with Crippen LogP contribution in [0.25, 0.3) is 16.9 Å². The highest BCUT2D eigenvalue weighted by molar-refractivity contribution is 5.89. The highest BCUT2D eigenvalue weighted by Gasteiger charge is 2.20. The summed E-state index contributed by atoms with van der Waals surface area (Å²) in [6, 6.07) is 16.0. The topological polar surface area (TPSA) is 81.1 Å². The standard InChI is InChI=1S/C26H29N3O5/c1-17(27(3)4)33-26(32)23-16-29(21-11-13-22(14-12-21)34-18(2)30)24(15-25(23)31)19-7-9-20(10-8-19)28(5)6/h7-17H,1-6H3. The monoisotopic (exact) mass is 463 g/mol. The van der Waals surface area contributed by atoms with Crippen molar-refractivity contribution >= 4 is 17.6 Å². The van der Waals surface area contributed by atoms with E-state index in [-0.39, 0.29) is 5.56 Å². The maximum absolute atomic E-state index is 12.9. The van der Waals surface area contributed by atoms with Gasteiger partial charge in [0.1, 0.15) is 11.3 Å². The number of pyridine rings is 1. The molecule has 178 valence electrons. The molecule has 8 nitrogen and oxygen atoms in total. The van der Waals surface area contributed by atoms with Crippen LogP contribution in [-0.4, -0.2) is 55.8 Å². The van der Waals surface area contributed by atoms with Crippen molar-refractivity contribution in [2.45, 2.75) is 20.1 Å². The van der Waals surface area contributed by atoms with Gasteiger partial charge in [0.15, 0.2) is 11.7 Å². The van der Waals surface area contributed by atoms with Gasteiger partial charge in [0, 0.05) is 44.7 Å². The van der Waals surface area contributed by atoms with Gasteiger partial charge in [-0.2, -0.15) is 0 Å². The molecule has 0 radical (unpaired) electrons. The van der Waals surface area contributed by atoms with Crippen molar-refractivity contribution in [3.8, 4) is 22.7 Å². The van der Waals surface area contributed by atoms with E-state index in [2.05, 4.69) is 0 Å². The molecule has 0 aliphatic rings. The van der Waals surface area contributed by atoms with Crippen molar-refractivity contribution in [3.05, 3.63) is 76.6 Å². The zero-order valence-electron chi connectivity index (χ0n) is 20.2. The molecule has 1 heterocycles. The Morgan fingerprint density at radius 1 is 0.941 bits per heavy atom. The summed E-state index contributed by atoms with van der Waals surface area (Å²) in [5.41, 5.74) is 2.58. The highest BCUT2D eigenvalue weighted by atomic mass is 16.6. The second-order valence-electron chi connectivity index (χ2n) is 8.30. The summed E-state index contributed by atoms with van der Waals surface area (Å²) in [6.07, 6.45) is 0.991. The Morgan fingerprint density at radius 3 is 2.09 bits per heavy atom. The minimum Gasteiger partial charge on any atom is -0.443 e. The SMILES string of the molecule is CC(=O)Oc1ccc(-n2cc(C(=O)OC(C)N(C)C)c(=O)cc2-c2ccc(N(C)C)cc2)cc1.